The van der Waals surface area contributed by atoms with Gasteiger partial charge in [-0.05, 0) is 13.3 Å². The third-order valence-corrected chi connectivity index (χ3v) is 3.78. The Bertz CT molecular complexity index is 361. The second-order valence-corrected chi connectivity index (χ2v) is 5.12. The van der Waals surface area contributed by atoms with Crippen molar-refractivity contribution >= 4 is 28.9 Å². The summed E-state index contributed by atoms with van der Waals surface area (Å²) in [6, 6.07) is 0. The minimum absolute atomic E-state index is 0.0313. The van der Waals surface area contributed by atoms with E-state index in [1.54, 1.807) is 13.8 Å². The lowest BCUT2D eigenvalue weighted by Crippen LogP contribution is -2.36. The Hall–Kier alpha value is -1.24. The maximum Gasteiger partial charge on any atom is 0.323 e. The van der Waals surface area contributed by atoms with E-state index >= 15 is 0 Å². The average Bonchev–Trinajstić information content (AvgIpc) is 2.64. The highest BCUT2D eigenvalue weighted by Crippen LogP contribution is 2.39. The van der Waals surface area contributed by atoms with E-state index in [0.717, 1.165) is 11.8 Å². The largest absolute Gasteiger partial charge is 0.465 e. The van der Waals surface area contributed by atoms with Crippen LogP contribution >= 0.6 is 11.8 Å². The first-order chi connectivity index (χ1) is 8.46. The number of carbonyl (C=O) groups excluding carboxylic acids is 2. The second kappa shape index (κ2) is 6.08. The summed E-state index contributed by atoms with van der Waals surface area (Å²) in [5, 5.41) is 7.08. The third kappa shape index (κ3) is 2.95. The Labute approximate surface area is 110 Å². The van der Waals surface area contributed by atoms with Gasteiger partial charge in [0.25, 0.3) is 0 Å². The number of esters is 2. The first kappa shape index (κ1) is 14.8. The number of hydrogen-bond donors (Lipinski definition) is 2. The summed E-state index contributed by atoms with van der Waals surface area (Å²) in [5.41, 5.74) is 4.04. The van der Waals surface area contributed by atoms with Gasteiger partial charge in [-0.1, -0.05) is 18.7 Å². The molecule has 0 bridgehead atoms. The van der Waals surface area contributed by atoms with Crippen LogP contribution < -0.4 is 5.73 Å². The number of carbonyl (C=O) groups is 2. The van der Waals surface area contributed by atoms with E-state index in [1.165, 1.54) is 0 Å². The lowest BCUT2D eigenvalue weighted by molar-refractivity contribution is -0.165. The van der Waals surface area contributed by atoms with Gasteiger partial charge < -0.3 is 15.2 Å². The summed E-state index contributed by atoms with van der Waals surface area (Å²) in [7, 11) is 0. The van der Waals surface area contributed by atoms with Crippen molar-refractivity contribution in [2.24, 2.45) is 11.1 Å². The summed E-state index contributed by atoms with van der Waals surface area (Å²) in [5.74, 6) is -0.659. The summed E-state index contributed by atoms with van der Waals surface area (Å²) < 4.78 is 10.1. The van der Waals surface area contributed by atoms with Crippen LogP contribution in [0, 0.1) is 10.8 Å². The Morgan fingerprint density at radius 1 is 1.67 bits per heavy atom. The molecule has 0 spiro atoms. The van der Waals surface area contributed by atoms with Crippen molar-refractivity contribution in [3.05, 3.63) is 0 Å². The van der Waals surface area contributed by atoms with E-state index in [-0.39, 0.29) is 11.8 Å². The molecule has 2 atom stereocenters. The molecular weight excluding hydrogens is 256 g/mol. The zero-order valence-electron chi connectivity index (χ0n) is 10.5. The molecule has 0 aromatic carbocycles. The number of thioether (sulfide) groups is 1. The van der Waals surface area contributed by atoms with Gasteiger partial charge in [-0.2, -0.15) is 0 Å². The summed E-state index contributed by atoms with van der Waals surface area (Å²) in [4.78, 5) is 23.8. The molecule has 1 saturated heterocycles. The van der Waals surface area contributed by atoms with Crippen LogP contribution in [0.25, 0.3) is 0 Å². The topological polar surface area (TPSA) is 102 Å². The summed E-state index contributed by atoms with van der Waals surface area (Å²) in [6.45, 7) is 3.70. The van der Waals surface area contributed by atoms with Gasteiger partial charge in [0.15, 0.2) is 10.6 Å². The Balaban J connectivity index is 2.73. The van der Waals surface area contributed by atoms with Crippen LogP contribution in [-0.4, -0.2) is 35.6 Å². The second-order valence-electron chi connectivity index (χ2n) is 4.06. The predicted molar refractivity (Wildman–Crippen MR) is 68.2 cm³/mol. The number of nitrogens with two attached hydrogens (primary N) is 1. The molecule has 6 nitrogen and oxygen atoms in total. The quantitative estimate of drug-likeness (QED) is 0.334. The lowest BCUT2D eigenvalue weighted by Gasteiger charge is -2.20. The van der Waals surface area contributed by atoms with Crippen LogP contribution in [0.1, 0.15) is 26.7 Å². The van der Waals surface area contributed by atoms with E-state index in [2.05, 4.69) is 0 Å². The molecule has 0 aromatic rings. The third-order valence-electron chi connectivity index (χ3n) is 2.94. The molecule has 0 radical (unpaired) electrons. The molecule has 0 aromatic heterocycles. The van der Waals surface area contributed by atoms with Gasteiger partial charge in [0.05, 0.1) is 6.61 Å². The number of ether oxygens (including phenoxy) is 2. The minimum atomic E-state index is -1.18. The molecular formula is C11H18N2O4S. The first-order valence-electron chi connectivity index (χ1n) is 5.81. The van der Waals surface area contributed by atoms with E-state index in [9.17, 15) is 9.59 Å². The van der Waals surface area contributed by atoms with Gasteiger partial charge in [0.1, 0.15) is 6.10 Å². The van der Waals surface area contributed by atoms with Crippen LogP contribution in [-0.2, 0) is 19.1 Å². The molecule has 0 aliphatic carbocycles. The average molecular weight is 274 g/mol. The fourth-order valence-electron chi connectivity index (χ4n) is 1.92. The number of rotatable bonds is 5. The fraction of sp³-hybridized carbons (Fsp3) is 0.727. The van der Waals surface area contributed by atoms with Crippen LogP contribution in [0.3, 0.4) is 0 Å². The van der Waals surface area contributed by atoms with Crippen molar-refractivity contribution in [3.8, 4) is 0 Å². The van der Waals surface area contributed by atoms with Crippen LogP contribution in [0.15, 0.2) is 0 Å². The standard InChI is InChI=1S/C11H18N2O4S/c1-3-11(8(14)16-4-2)5-7(17-9(11)15)6-18-10(12)13/h7H,3-6H2,1-2H3,(H3,12,13)/t7-,11+/m1/s1. The van der Waals surface area contributed by atoms with Crippen molar-refractivity contribution in [2.75, 3.05) is 12.4 Å². The van der Waals surface area contributed by atoms with Crippen LogP contribution in [0.4, 0.5) is 0 Å². The summed E-state index contributed by atoms with van der Waals surface area (Å²) >= 11 is 1.10. The molecule has 1 aliphatic heterocycles. The highest BCUT2D eigenvalue weighted by Gasteiger charge is 2.54. The number of nitrogens with one attached hydrogen (secondary N) is 1. The Morgan fingerprint density at radius 3 is 2.83 bits per heavy atom. The molecule has 1 heterocycles. The Morgan fingerprint density at radius 2 is 2.33 bits per heavy atom. The minimum Gasteiger partial charge on any atom is -0.465 e. The number of cyclic esters (lactones) is 1. The smallest absolute Gasteiger partial charge is 0.323 e. The molecule has 1 aliphatic rings. The number of amidine groups is 1. The molecule has 0 saturated carbocycles. The van der Waals surface area contributed by atoms with Gasteiger partial charge in [0.2, 0.25) is 0 Å². The molecule has 18 heavy (non-hydrogen) atoms. The fourth-order valence-corrected chi connectivity index (χ4v) is 2.47. The summed E-state index contributed by atoms with van der Waals surface area (Å²) in [6.07, 6.45) is 0.253. The molecule has 0 amide bonds. The lowest BCUT2D eigenvalue weighted by atomic mass is 9.82. The monoisotopic (exact) mass is 274 g/mol. The normalized spacial score (nSPS) is 26.8. The van der Waals surface area contributed by atoms with E-state index < -0.39 is 23.5 Å². The van der Waals surface area contributed by atoms with Gasteiger partial charge in [0, 0.05) is 12.2 Å². The van der Waals surface area contributed by atoms with Gasteiger partial charge in [-0.25, -0.2) is 0 Å². The molecule has 0 unspecified atom stereocenters. The van der Waals surface area contributed by atoms with Crippen molar-refractivity contribution in [1.29, 1.82) is 5.41 Å². The molecule has 102 valence electrons. The highest BCUT2D eigenvalue weighted by molar-refractivity contribution is 8.13. The molecule has 7 heteroatoms. The SMILES string of the molecule is CCOC(=O)[C@]1(CC)C[C@H](CSC(=N)N)OC1=O. The van der Waals surface area contributed by atoms with Crippen molar-refractivity contribution in [1.82, 2.24) is 0 Å². The van der Waals surface area contributed by atoms with E-state index in [1.807, 2.05) is 0 Å². The maximum absolute atomic E-state index is 11.9. The zero-order chi connectivity index (χ0) is 13.8. The molecule has 1 fully saturated rings. The molecule has 3 N–H and O–H groups in total. The van der Waals surface area contributed by atoms with E-state index in [0.29, 0.717) is 18.6 Å². The van der Waals surface area contributed by atoms with E-state index in [4.69, 9.17) is 20.6 Å². The van der Waals surface area contributed by atoms with Crippen LogP contribution in [0.2, 0.25) is 0 Å². The van der Waals surface area contributed by atoms with Crippen molar-refractivity contribution < 1.29 is 19.1 Å². The highest BCUT2D eigenvalue weighted by atomic mass is 32.2. The van der Waals surface area contributed by atoms with Gasteiger partial charge in [-0.3, -0.25) is 15.0 Å². The van der Waals surface area contributed by atoms with Gasteiger partial charge in [-0.15, -0.1) is 0 Å². The van der Waals surface area contributed by atoms with Crippen molar-refractivity contribution in [3.63, 3.8) is 0 Å². The molecule has 1 rings (SSSR count). The van der Waals surface area contributed by atoms with Crippen molar-refractivity contribution in [2.45, 2.75) is 32.8 Å². The maximum atomic E-state index is 11.9. The van der Waals surface area contributed by atoms with Gasteiger partial charge >= 0.3 is 11.9 Å². The zero-order valence-corrected chi connectivity index (χ0v) is 11.3. The predicted octanol–water partition coefficient (Wildman–Crippen LogP) is 0.888. The number of hydrogen-bond acceptors (Lipinski definition) is 6. The van der Waals surface area contributed by atoms with Crippen LogP contribution in [0.5, 0.6) is 0 Å². The Kier molecular flexibility index (Phi) is 5.01. The first-order valence-corrected chi connectivity index (χ1v) is 6.80.